The number of rotatable bonds is 3. The van der Waals surface area contributed by atoms with E-state index in [9.17, 15) is 4.79 Å². The predicted molar refractivity (Wildman–Crippen MR) is 79.5 cm³/mol. The van der Waals surface area contributed by atoms with Crippen LogP contribution in [0.3, 0.4) is 0 Å². The summed E-state index contributed by atoms with van der Waals surface area (Å²) >= 11 is 1.17. The summed E-state index contributed by atoms with van der Waals surface area (Å²) in [6.45, 7) is 7.57. The summed E-state index contributed by atoms with van der Waals surface area (Å²) in [6, 6.07) is 4.96. The Hall–Kier alpha value is -1.95. The summed E-state index contributed by atoms with van der Waals surface area (Å²) in [5.41, 5.74) is 6.52. The van der Waals surface area contributed by atoms with Crippen molar-refractivity contribution in [3.05, 3.63) is 29.6 Å². The van der Waals surface area contributed by atoms with E-state index >= 15 is 0 Å². The maximum absolute atomic E-state index is 11.6. The number of carbonyl (C=O) groups is 1. The molecule has 0 aliphatic rings. The van der Waals surface area contributed by atoms with Gasteiger partial charge in [0.25, 0.3) is 5.19 Å². The molecule has 1 aromatic carbocycles. The van der Waals surface area contributed by atoms with Crippen molar-refractivity contribution in [3.63, 3.8) is 0 Å². The third kappa shape index (κ3) is 3.14. The summed E-state index contributed by atoms with van der Waals surface area (Å²) in [6.07, 6.45) is 0. The van der Waals surface area contributed by atoms with Gasteiger partial charge in [0.15, 0.2) is 11.6 Å². The van der Waals surface area contributed by atoms with Crippen LogP contribution in [0, 0.1) is 0 Å². The molecule has 5 nitrogen and oxygen atoms in total. The average Bonchev–Trinajstić information content (AvgIpc) is 2.79. The van der Waals surface area contributed by atoms with Gasteiger partial charge in [-0.3, -0.25) is 4.79 Å². The van der Waals surface area contributed by atoms with Crippen molar-refractivity contribution in [1.29, 1.82) is 0 Å². The molecule has 1 aromatic heterocycles. The molecule has 0 radical (unpaired) electrons. The lowest BCUT2D eigenvalue weighted by molar-refractivity contribution is 0.101. The molecule has 0 bridgehead atoms. The van der Waals surface area contributed by atoms with Gasteiger partial charge in [-0.1, -0.05) is 20.8 Å². The first-order valence-electron chi connectivity index (χ1n) is 6.20. The fraction of sp³-hybridized carbons (Fsp3) is 0.357. The lowest BCUT2D eigenvalue weighted by Crippen LogP contribution is -2.13. The summed E-state index contributed by atoms with van der Waals surface area (Å²) in [4.78, 5) is 15.9. The van der Waals surface area contributed by atoms with E-state index in [1.54, 1.807) is 18.2 Å². The highest BCUT2D eigenvalue weighted by Gasteiger charge is 2.21. The number of Topliss-reactive ketones (excluding diaryl/α,β-unsaturated/α-hetero) is 1. The lowest BCUT2D eigenvalue weighted by atomic mass is 9.96. The summed E-state index contributed by atoms with van der Waals surface area (Å²) in [5.74, 6) is 1.06. The van der Waals surface area contributed by atoms with Crippen molar-refractivity contribution in [2.45, 2.75) is 33.1 Å². The predicted octanol–water partition coefficient (Wildman–Crippen LogP) is 3.41. The molecule has 0 atom stereocenters. The van der Waals surface area contributed by atoms with E-state index in [2.05, 4.69) is 9.36 Å². The van der Waals surface area contributed by atoms with Gasteiger partial charge in [-0.2, -0.15) is 9.36 Å². The summed E-state index contributed by atoms with van der Waals surface area (Å²) in [5, 5.41) is 0.419. The fourth-order valence-corrected chi connectivity index (χ4v) is 2.30. The normalized spacial score (nSPS) is 11.4. The van der Waals surface area contributed by atoms with Crippen LogP contribution in [0.4, 0.5) is 5.69 Å². The van der Waals surface area contributed by atoms with Crippen LogP contribution in [-0.4, -0.2) is 15.1 Å². The number of anilines is 1. The number of nitrogen functional groups attached to an aromatic ring is 1. The zero-order chi connectivity index (χ0) is 14.9. The van der Waals surface area contributed by atoms with Crippen LogP contribution in [0.25, 0.3) is 0 Å². The minimum absolute atomic E-state index is 0.104. The summed E-state index contributed by atoms with van der Waals surface area (Å²) < 4.78 is 9.94. The molecule has 2 rings (SSSR count). The highest BCUT2D eigenvalue weighted by atomic mass is 32.1. The van der Waals surface area contributed by atoms with Gasteiger partial charge in [0.1, 0.15) is 5.75 Å². The number of benzene rings is 1. The molecule has 106 valence electrons. The minimum Gasteiger partial charge on any atom is -0.429 e. The van der Waals surface area contributed by atoms with Gasteiger partial charge in [0.05, 0.1) is 5.56 Å². The summed E-state index contributed by atoms with van der Waals surface area (Å²) in [7, 11) is 0. The molecule has 0 unspecified atom stereocenters. The smallest absolute Gasteiger partial charge is 0.298 e. The molecule has 0 aliphatic heterocycles. The average molecular weight is 291 g/mol. The van der Waals surface area contributed by atoms with E-state index in [1.165, 1.54) is 18.5 Å². The Morgan fingerprint density at radius 2 is 2.05 bits per heavy atom. The quantitative estimate of drug-likeness (QED) is 0.692. The first kappa shape index (κ1) is 14.5. The van der Waals surface area contributed by atoms with Gasteiger partial charge < -0.3 is 10.5 Å². The number of nitrogens with zero attached hydrogens (tertiary/aromatic N) is 2. The van der Waals surface area contributed by atoms with Crippen LogP contribution in [-0.2, 0) is 5.41 Å². The third-order valence-corrected chi connectivity index (χ3v) is 3.25. The van der Waals surface area contributed by atoms with Gasteiger partial charge in [-0.25, -0.2) is 0 Å². The molecule has 0 saturated heterocycles. The lowest BCUT2D eigenvalue weighted by Gasteiger charge is -2.12. The first-order valence-corrected chi connectivity index (χ1v) is 6.97. The molecular formula is C14H17N3O2S. The first-order chi connectivity index (χ1) is 9.27. The Balaban J connectivity index is 2.31. The molecule has 0 fully saturated rings. The Morgan fingerprint density at radius 1 is 1.35 bits per heavy atom. The van der Waals surface area contributed by atoms with Gasteiger partial charge in [-0.15, -0.1) is 0 Å². The second-order valence-electron chi connectivity index (χ2n) is 5.55. The molecule has 20 heavy (non-hydrogen) atoms. The topological polar surface area (TPSA) is 78.1 Å². The highest BCUT2D eigenvalue weighted by molar-refractivity contribution is 7.07. The number of aromatic nitrogens is 2. The van der Waals surface area contributed by atoms with Crippen molar-refractivity contribution in [2.75, 3.05) is 5.73 Å². The molecule has 0 spiro atoms. The number of hydrogen-bond acceptors (Lipinski definition) is 6. The molecule has 1 heterocycles. The number of nitrogens with two attached hydrogens (primary N) is 1. The van der Waals surface area contributed by atoms with Crippen LogP contribution in [0.15, 0.2) is 18.2 Å². The number of hydrogen-bond donors (Lipinski definition) is 1. The third-order valence-electron chi connectivity index (χ3n) is 2.66. The Kier molecular flexibility index (Phi) is 3.76. The number of carbonyl (C=O) groups excluding carboxylic acids is 1. The fourth-order valence-electron chi connectivity index (χ4n) is 1.56. The molecule has 0 aliphatic carbocycles. The van der Waals surface area contributed by atoms with Gasteiger partial charge >= 0.3 is 0 Å². The number of ether oxygens (including phenoxy) is 1. The maximum atomic E-state index is 11.6. The largest absolute Gasteiger partial charge is 0.429 e. The van der Waals surface area contributed by atoms with Crippen LogP contribution < -0.4 is 10.5 Å². The standard InChI is InChI=1S/C14H17N3O2S/c1-8(18)10-7-9(15)5-6-11(10)19-13-16-12(17-20-13)14(2,3)4/h5-7H,15H2,1-4H3. The van der Waals surface area contributed by atoms with Gasteiger partial charge in [-0.05, 0) is 25.1 Å². The van der Waals surface area contributed by atoms with E-state index in [1.807, 2.05) is 20.8 Å². The van der Waals surface area contributed by atoms with Crippen LogP contribution in [0.1, 0.15) is 43.9 Å². The SMILES string of the molecule is CC(=O)c1cc(N)ccc1Oc1nc(C(C)(C)C)ns1. The second kappa shape index (κ2) is 5.20. The van der Waals surface area contributed by atoms with Crippen molar-refractivity contribution in [3.8, 4) is 10.9 Å². The zero-order valence-electron chi connectivity index (χ0n) is 11.9. The van der Waals surface area contributed by atoms with Gasteiger partial charge in [0, 0.05) is 22.6 Å². The van der Waals surface area contributed by atoms with Crippen LogP contribution in [0.2, 0.25) is 0 Å². The van der Waals surface area contributed by atoms with Crippen molar-refractivity contribution in [1.82, 2.24) is 9.36 Å². The zero-order valence-corrected chi connectivity index (χ0v) is 12.7. The van der Waals surface area contributed by atoms with Crippen LogP contribution in [0.5, 0.6) is 10.9 Å². The van der Waals surface area contributed by atoms with Crippen molar-refractivity contribution in [2.24, 2.45) is 0 Å². The minimum atomic E-state index is -0.136. The molecule has 0 saturated carbocycles. The van der Waals surface area contributed by atoms with E-state index < -0.39 is 0 Å². The Labute approximate surface area is 122 Å². The second-order valence-corrected chi connectivity index (χ2v) is 6.26. The Bertz CT molecular complexity index is 644. The van der Waals surface area contributed by atoms with Crippen LogP contribution >= 0.6 is 11.5 Å². The van der Waals surface area contributed by atoms with Gasteiger partial charge in [0.2, 0.25) is 0 Å². The molecule has 6 heteroatoms. The molecule has 0 amide bonds. The maximum Gasteiger partial charge on any atom is 0.298 e. The van der Waals surface area contributed by atoms with E-state index in [-0.39, 0.29) is 11.2 Å². The van der Waals surface area contributed by atoms with E-state index in [0.29, 0.717) is 22.2 Å². The van der Waals surface area contributed by atoms with Crippen molar-refractivity contribution >= 4 is 23.0 Å². The van der Waals surface area contributed by atoms with E-state index in [0.717, 1.165) is 5.82 Å². The van der Waals surface area contributed by atoms with Crippen molar-refractivity contribution < 1.29 is 9.53 Å². The monoisotopic (exact) mass is 291 g/mol. The highest BCUT2D eigenvalue weighted by Crippen LogP contribution is 2.30. The number of ketones is 1. The molecule has 2 N–H and O–H groups in total. The molecule has 2 aromatic rings. The van der Waals surface area contributed by atoms with E-state index in [4.69, 9.17) is 10.5 Å². The Morgan fingerprint density at radius 3 is 2.60 bits per heavy atom. The molecular weight excluding hydrogens is 274 g/mol.